The van der Waals surface area contributed by atoms with Gasteiger partial charge in [0.25, 0.3) is 0 Å². The van der Waals surface area contributed by atoms with E-state index in [1.165, 1.54) is 0 Å². The van der Waals surface area contributed by atoms with Gasteiger partial charge in [-0.3, -0.25) is 4.79 Å². The van der Waals surface area contributed by atoms with E-state index in [1.54, 1.807) is 0 Å². The quantitative estimate of drug-likeness (QED) is 0.619. The molecule has 0 N–H and O–H groups in total. The SMILES string of the molecule is CC1(C2CCCCC2=O)OCCO1. The number of carbonyl (C=O) groups excluding carboxylic acids is 1. The van der Waals surface area contributed by atoms with Gasteiger partial charge in [-0.2, -0.15) is 0 Å². The van der Waals surface area contributed by atoms with Gasteiger partial charge in [0.2, 0.25) is 0 Å². The van der Waals surface area contributed by atoms with Crippen molar-refractivity contribution in [3.63, 3.8) is 0 Å². The average Bonchev–Trinajstić information content (AvgIpc) is 2.54. The molecule has 2 fully saturated rings. The molecule has 3 nitrogen and oxygen atoms in total. The maximum atomic E-state index is 11.6. The van der Waals surface area contributed by atoms with Crippen LogP contribution in [0.3, 0.4) is 0 Å². The zero-order valence-electron chi connectivity index (χ0n) is 8.04. The van der Waals surface area contributed by atoms with E-state index in [9.17, 15) is 4.79 Å². The zero-order valence-corrected chi connectivity index (χ0v) is 8.04. The van der Waals surface area contributed by atoms with Crippen LogP contribution in [-0.4, -0.2) is 24.8 Å². The third-order valence-electron chi connectivity index (χ3n) is 3.05. The van der Waals surface area contributed by atoms with E-state index >= 15 is 0 Å². The fraction of sp³-hybridized carbons (Fsp3) is 0.900. The van der Waals surface area contributed by atoms with Crippen molar-refractivity contribution >= 4 is 5.78 Å². The summed E-state index contributed by atoms with van der Waals surface area (Å²) < 4.78 is 11.0. The van der Waals surface area contributed by atoms with Gasteiger partial charge < -0.3 is 9.47 Å². The predicted molar refractivity (Wildman–Crippen MR) is 47.3 cm³/mol. The Hall–Kier alpha value is -0.410. The third-order valence-corrected chi connectivity index (χ3v) is 3.05. The number of hydrogen-bond donors (Lipinski definition) is 0. The second kappa shape index (κ2) is 3.39. The van der Waals surface area contributed by atoms with Crippen LogP contribution in [0.25, 0.3) is 0 Å². The van der Waals surface area contributed by atoms with Gasteiger partial charge in [0, 0.05) is 6.42 Å². The van der Waals surface area contributed by atoms with E-state index in [4.69, 9.17) is 9.47 Å². The monoisotopic (exact) mass is 184 g/mol. The minimum atomic E-state index is -0.614. The fourth-order valence-corrected chi connectivity index (χ4v) is 2.27. The molecule has 0 spiro atoms. The molecule has 1 heterocycles. The molecule has 1 aliphatic heterocycles. The first-order chi connectivity index (χ1) is 6.22. The smallest absolute Gasteiger partial charge is 0.175 e. The summed E-state index contributed by atoms with van der Waals surface area (Å²) in [4.78, 5) is 11.6. The Morgan fingerprint density at radius 3 is 2.62 bits per heavy atom. The molecule has 1 aliphatic carbocycles. The van der Waals surface area contributed by atoms with Gasteiger partial charge in [-0.25, -0.2) is 0 Å². The van der Waals surface area contributed by atoms with Crippen molar-refractivity contribution in [3.8, 4) is 0 Å². The molecule has 2 rings (SSSR count). The molecule has 0 aromatic carbocycles. The van der Waals surface area contributed by atoms with Crippen LogP contribution in [0.1, 0.15) is 32.6 Å². The molecule has 13 heavy (non-hydrogen) atoms. The lowest BCUT2D eigenvalue weighted by atomic mass is 9.82. The van der Waals surface area contributed by atoms with Crippen LogP contribution in [0.15, 0.2) is 0 Å². The first-order valence-electron chi connectivity index (χ1n) is 5.03. The summed E-state index contributed by atoms with van der Waals surface area (Å²) in [5.41, 5.74) is 0. The maximum absolute atomic E-state index is 11.6. The second-order valence-corrected chi connectivity index (χ2v) is 3.98. The summed E-state index contributed by atoms with van der Waals surface area (Å²) in [5.74, 6) is -0.322. The van der Waals surface area contributed by atoms with Crippen LogP contribution in [-0.2, 0) is 14.3 Å². The Bertz CT molecular complexity index is 206. The summed E-state index contributed by atoms with van der Waals surface area (Å²) in [6.45, 7) is 3.15. The summed E-state index contributed by atoms with van der Waals surface area (Å²) >= 11 is 0. The molecule has 1 unspecified atom stereocenters. The highest BCUT2D eigenvalue weighted by Crippen LogP contribution is 2.35. The topological polar surface area (TPSA) is 35.5 Å². The van der Waals surface area contributed by atoms with E-state index in [-0.39, 0.29) is 5.92 Å². The summed E-state index contributed by atoms with van der Waals surface area (Å²) in [5, 5.41) is 0. The van der Waals surface area contributed by atoms with E-state index in [1.807, 2.05) is 6.92 Å². The van der Waals surface area contributed by atoms with Crippen LogP contribution in [0, 0.1) is 5.92 Å². The van der Waals surface area contributed by atoms with Crippen molar-refractivity contribution in [1.82, 2.24) is 0 Å². The highest BCUT2D eigenvalue weighted by atomic mass is 16.7. The van der Waals surface area contributed by atoms with Gasteiger partial charge in [0.05, 0.1) is 19.1 Å². The van der Waals surface area contributed by atoms with Gasteiger partial charge in [0.1, 0.15) is 5.78 Å². The molecule has 1 atom stereocenters. The largest absolute Gasteiger partial charge is 0.347 e. The van der Waals surface area contributed by atoms with Crippen molar-refractivity contribution in [2.75, 3.05) is 13.2 Å². The van der Waals surface area contributed by atoms with Crippen LogP contribution in [0.5, 0.6) is 0 Å². The van der Waals surface area contributed by atoms with Gasteiger partial charge in [-0.05, 0) is 19.8 Å². The van der Waals surface area contributed by atoms with Gasteiger partial charge in [0.15, 0.2) is 5.79 Å². The summed E-state index contributed by atoms with van der Waals surface area (Å²) in [7, 11) is 0. The number of ether oxygens (including phenoxy) is 2. The molecule has 0 aromatic rings. The van der Waals surface area contributed by atoms with E-state index in [0.29, 0.717) is 25.4 Å². The van der Waals surface area contributed by atoms with Crippen LogP contribution in [0.4, 0.5) is 0 Å². The van der Waals surface area contributed by atoms with E-state index in [0.717, 1.165) is 19.3 Å². The Morgan fingerprint density at radius 1 is 1.31 bits per heavy atom. The standard InChI is InChI=1S/C10H16O3/c1-10(12-6-7-13-10)8-4-2-3-5-9(8)11/h8H,2-7H2,1H3. The normalized spacial score (nSPS) is 33.6. The van der Waals surface area contributed by atoms with Crippen LogP contribution in [0.2, 0.25) is 0 Å². The highest BCUT2D eigenvalue weighted by Gasteiger charge is 2.44. The van der Waals surface area contributed by atoms with Crippen molar-refractivity contribution in [2.45, 2.75) is 38.4 Å². The van der Waals surface area contributed by atoms with Crippen molar-refractivity contribution in [3.05, 3.63) is 0 Å². The molecule has 0 radical (unpaired) electrons. The summed E-state index contributed by atoms with van der Waals surface area (Å²) in [6, 6.07) is 0. The number of Topliss-reactive ketones (excluding diaryl/α,β-unsaturated/α-hetero) is 1. The molecule has 1 saturated heterocycles. The molecule has 1 saturated carbocycles. The number of ketones is 1. The first-order valence-corrected chi connectivity index (χ1v) is 5.03. The molecule has 3 heteroatoms. The highest BCUT2D eigenvalue weighted by molar-refractivity contribution is 5.82. The molecular formula is C10H16O3. The minimum absolute atomic E-state index is 0.0243. The first kappa shape index (κ1) is 9.16. The van der Waals surface area contributed by atoms with Gasteiger partial charge in [-0.15, -0.1) is 0 Å². The minimum Gasteiger partial charge on any atom is -0.347 e. The molecular weight excluding hydrogens is 168 g/mol. The van der Waals surface area contributed by atoms with Crippen molar-refractivity contribution in [1.29, 1.82) is 0 Å². The van der Waals surface area contributed by atoms with Crippen molar-refractivity contribution in [2.24, 2.45) is 5.92 Å². The van der Waals surface area contributed by atoms with Crippen molar-refractivity contribution < 1.29 is 14.3 Å². The molecule has 0 bridgehead atoms. The van der Waals surface area contributed by atoms with Gasteiger partial charge >= 0.3 is 0 Å². The van der Waals surface area contributed by atoms with Crippen LogP contribution < -0.4 is 0 Å². The number of hydrogen-bond acceptors (Lipinski definition) is 3. The maximum Gasteiger partial charge on any atom is 0.175 e. The lowest BCUT2D eigenvalue weighted by Gasteiger charge is -2.33. The fourth-order valence-electron chi connectivity index (χ4n) is 2.27. The summed E-state index contributed by atoms with van der Waals surface area (Å²) in [6.07, 6.45) is 3.78. The third kappa shape index (κ3) is 1.63. The Kier molecular flexibility index (Phi) is 2.39. The molecule has 0 amide bonds. The number of carbonyl (C=O) groups is 1. The lowest BCUT2D eigenvalue weighted by molar-refractivity contribution is -0.189. The molecule has 2 aliphatic rings. The Labute approximate surface area is 78.4 Å². The Morgan fingerprint density at radius 2 is 2.00 bits per heavy atom. The van der Waals surface area contributed by atoms with E-state index < -0.39 is 5.79 Å². The van der Waals surface area contributed by atoms with Gasteiger partial charge in [-0.1, -0.05) is 6.42 Å². The number of rotatable bonds is 1. The Balaban J connectivity index is 2.08. The second-order valence-electron chi connectivity index (χ2n) is 3.98. The lowest BCUT2D eigenvalue weighted by Crippen LogP contribution is -2.42. The zero-order chi connectivity index (χ0) is 9.31. The molecule has 74 valence electrons. The van der Waals surface area contributed by atoms with Crippen LogP contribution >= 0.6 is 0 Å². The predicted octanol–water partition coefficient (Wildman–Crippen LogP) is 1.51. The van der Waals surface area contributed by atoms with E-state index in [2.05, 4.69) is 0 Å². The molecule has 0 aromatic heterocycles. The average molecular weight is 184 g/mol.